The van der Waals surface area contributed by atoms with Gasteiger partial charge in [0.15, 0.2) is 17.7 Å². The lowest BCUT2D eigenvalue weighted by Crippen LogP contribution is -2.29. The van der Waals surface area contributed by atoms with Gasteiger partial charge in [0.05, 0.1) is 12.2 Å². The monoisotopic (exact) mass is 544 g/mol. The summed E-state index contributed by atoms with van der Waals surface area (Å²) in [5.74, 6) is -0.842. The van der Waals surface area contributed by atoms with E-state index in [1.165, 1.54) is 12.1 Å². The van der Waals surface area contributed by atoms with Crippen molar-refractivity contribution in [2.45, 2.75) is 103 Å². The van der Waals surface area contributed by atoms with Gasteiger partial charge >= 0.3 is 11.9 Å². The van der Waals surface area contributed by atoms with E-state index in [4.69, 9.17) is 14.2 Å². The zero-order valence-electron chi connectivity index (χ0n) is 23.3. The molecule has 0 radical (unpaired) electrons. The van der Waals surface area contributed by atoms with E-state index in [1.54, 1.807) is 12.1 Å². The van der Waals surface area contributed by atoms with Gasteiger partial charge in [0, 0.05) is 0 Å². The van der Waals surface area contributed by atoms with Crippen LogP contribution in [0.3, 0.4) is 0 Å². The lowest BCUT2D eigenvalue weighted by Gasteiger charge is -2.28. The molecule has 39 heavy (non-hydrogen) atoms. The van der Waals surface area contributed by atoms with Gasteiger partial charge in [0.1, 0.15) is 11.9 Å². The van der Waals surface area contributed by atoms with Crippen molar-refractivity contribution in [3.8, 4) is 11.5 Å². The fourth-order valence-electron chi connectivity index (χ4n) is 4.82. The molecule has 0 heterocycles. The van der Waals surface area contributed by atoms with E-state index in [2.05, 4.69) is 6.92 Å². The van der Waals surface area contributed by atoms with Crippen molar-refractivity contribution >= 4 is 11.9 Å². The van der Waals surface area contributed by atoms with Crippen molar-refractivity contribution in [3.05, 3.63) is 59.4 Å². The van der Waals surface area contributed by atoms with Crippen molar-refractivity contribution in [1.29, 1.82) is 0 Å². The summed E-state index contributed by atoms with van der Waals surface area (Å²) in [7, 11) is 0. The Morgan fingerprint density at radius 1 is 0.949 bits per heavy atom. The second-order valence-electron chi connectivity index (χ2n) is 10.5. The maximum atomic E-state index is 14.3. The number of benzene rings is 2. The van der Waals surface area contributed by atoms with Crippen LogP contribution in [0, 0.1) is 11.7 Å². The third-order valence-corrected chi connectivity index (χ3v) is 7.29. The Hall–Kier alpha value is -2.96. The fraction of sp³-hybridized carbons (Fsp3) is 0.562. The highest BCUT2D eigenvalue weighted by atomic mass is 19.1. The van der Waals surface area contributed by atoms with Gasteiger partial charge in [-0.15, -0.1) is 0 Å². The molecule has 1 saturated carbocycles. The quantitative estimate of drug-likeness (QED) is 0.129. The van der Waals surface area contributed by atoms with Crippen molar-refractivity contribution in [3.63, 3.8) is 0 Å². The average Bonchev–Trinajstić information content (AvgIpc) is 2.95. The van der Waals surface area contributed by atoms with Crippen LogP contribution in [0.1, 0.15) is 100 Å². The van der Waals surface area contributed by atoms with E-state index in [9.17, 15) is 18.4 Å². The fourth-order valence-corrected chi connectivity index (χ4v) is 4.82. The first-order valence-electron chi connectivity index (χ1n) is 14.5. The van der Waals surface area contributed by atoms with Crippen LogP contribution in [-0.2, 0) is 16.0 Å². The summed E-state index contributed by atoms with van der Waals surface area (Å²) in [6, 6.07) is 11.5. The van der Waals surface area contributed by atoms with Crippen molar-refractivity contribution < 1.29 is 32.6 Å². The first-order valence-corrected chi connectivity index (χ1v) is 14.5. The molecular weight excluding hydrogens is 502 g/mol. The van der Waals surface area contributed by atoms with Crippen molar-refractivity contribution in [2.24, 2.45) is 5.92 Å². The molecule has 1 aliphatic carbocycles. The average molecular weight is 545 g/mol. The van der Waals surface area contributed by atoms with Crippen LogP contribution in [0.15, 0.2) is 42.5 Å². The lowest BCUT2D eigenvalue weighted by atomic mass is 9.83. The molecule has 2 aromatic rings. The molecule has 0 amide bonds. The van der Waals surface area contributed by atoms with Crippen LogP contribution in [0.2, 0.25) is 0 Å². The second kappa shape index (κ2) is 16.2. The molecule has 1 fully saturated rings. The zero-order valence-corrected chi connectivity index (χ0v) is 23.3. The van der Waals surface area contributed by atoms with Gasteiger partial charge < -0.3 is 14.2 Å². The van der Waals surface area contributed by atoms with Crippen LogP contribution in [-0.4, -0.2) is 30.8 Å². The zero-order chi connectivity index (χ0) is 28.0. The number of hydrogen-bond donors (Lipinski definition) is 0. The molecule has 7 heteroatoms. The molecule has 5 nitrogen and oxygen atoms in total. The molecule has 0 unspecified atom stereocenters. The maximum absolute atomic E-state index is 14.3. The number of ether oxygens (including phenoxy) is 3. The standard InChI is InChI=1S/C32H42F2O5/c1-3-5-7-21-37-30-20-15-25(22-29(30)34)31(35)38-26-16-11-23(12-17-26)9-10-24-13-18-27(19-14-24)39-32(36)28(33)8-6-4-2/h11-12,15-17,20,22,24,27-28H,3-10,13-14,18-19,21H2,1-2H3/t24-,27-,28-/m0/s1. The molecule has 0 aromatic heterocycles. The number of carbonyl (C=O) groups excluding carboxylic acids is 2. The number of halogens is 2. The number of hydrogen-bond acceptors (Lipinski definition) is 5. The highest BCUT2D eigenvalue weighted by Crippen LogP contribution is 2.30. The number of carbonyl (C=O) groups is 2. The largest absolute Gasteiger partial charge is 0.491 e. The predicted molar refractivity (Wildman–Crippen MR) is 147 cm³/mol. The Labute approximate surface area is 231 Å². The smallest absolute Gasteiger partial charge is 0.343 e. The number of esters is 2. The Morgan fingerprint density at radius 2 is 1.67 bits per heavy atom. The Kier molecular flexibility index (Phi) is 12.7. The highest BCUT2D eigenvalue weighted by Gasteiger charge is 2.27. The van der Waals surface area contributed by atoms with Crippen molar-refractivity contribution in [2.75, 3.05) is 6.61 Å². The molecule has 0 aliphatic heterocycles. The number of aryl methyl sites for hydroxylation is 1. The molecule has 3 rings (SSSR count). The first-order chi connectivity index (χ1) is 18.9. The summed E-state index contributed by atoms with van der Waals surface area (Å²) in [5, 5.41) is 0. The minimum absolute atomic E-state index is 0.127. The molecule has 0 bridgehead atoms. The molecule has 0 saturated heterocycles. The molecule has 0 spiro atoms. The Balaban J connectivity index is 1.38. The normalized spacial score (nSPS) is 17.8. The van der Waals surface area contributed by atoms with E-state index in [-0.39, 0.29) is 23.8 Å². The highest BCUT2D eigenvalue weighted by molar-refractivity contribution is 5.91. The van der Waals surface area contributed by atoms with Crippen LogP contribution in [0.25, 0.3) is 0 Å². The third kappa shape index (κ3) is 10.3. The van der Waals surface area contributed by atoms with Gasteiger partial charge in [-0.25, -0.2) is 18.4 Å². The van der Waals surface area contributed by atoms with E-state index < -0.39 is 23.9 Å². The second-order valence-corrected chi connectivity index (χ2v) is 10.5. The molecular formula is C32H42F2O5. The topological polar surface area (TPSA) is 61.8 Å². The van der Waals surface area contributed by atoms with Gasteiger partial charge in [-0.1, -0.05) is 51.7 Å². The SMILES string of the molecule is CCCCCOc1ccc(C(=O)Oc2ccc(CC[C@H]3CC[C@H](OC(=O)[C@@H](F)CCCC)CC3)cc2)cc1F. The molecule has 214 valence electrons. The molecule has 0 N–H and O–H groups in total. The molecule has 1 aliphatic rings. The van der Waals surface area contributed by atoms with E-state index in [0.29, 0.717) is 24.7 Å². The third-order valence-electron chi connectivity index (χ3n) is 7.29. The van der Waals surface area contributed by atoms with Crippen LogP contribution in [0.5, 0.6) is 11.5 Å². The number of unbranched alkanes of at least 4 members (excludes halogenated alkanes) is 3. The predicted octanol–water partition coefficient (Wildman–Crippen LogP) is 8.18. The van der Waals surface area contributed by atoms with Gasteiger partial charge in [0.25, 0.3) is 0 Å². The van der Waals surface area contributed by atoms with Gasteiger partial charge in [0.2, 0.25) is 0 Å². The van der Waals surface area contributed by atoms with E-state index in [1.807, 2.05) is 19.1 Å². The Bertz CT molecular complexity index is 1030. The van der Waals surface area contributed by atoms with Gasteiger partial charge in [-0.3, -0.25) is 0 Å². The minimum Gasteiger partial charge on any atom is -0.491 e. The summed E-state index contributed by atoms with van der Waals surface area (Å²) in [6.07, 6.45) is 8.40. The van der Waals surface area contributed by atoms with Gasteiger partial charge in [-0.2, -0.15) is 0 Å². The number of rotatable bonds is 15. The minimum atomic E-state index is -1.51. The van der Waals surface area contributed by atoms with E-state index in [0.717, 1.165) is 75.8 Å². The lowest BCUT2D eigenvalue weighted by molar-refractivity contribution is -0.157. The number of alkyl halides is 1. The van der Waals surface area contributed by atoms with Crippen LogP contribution >= 0.6 is 0 Å². The summed E-state index contributed by atoms with van der Waals surface area (Å²) in [6.45, 7) is 4.50. The van der Waals surface area contributed by atoms with Crippen LogP contribution < -0.4 is 9.47 Å². The molecule has 2 aromatic carbocycles. The van der Waals surface area contributed by atoms with Crippen molar-refractivity contribution in [1.82, 2.24) is 0 Å². The molecule has 1 atom stereocenters. The maximum Gasteiger partial charge on any atom is 0.343 e. The summed E-state index contributed by atoms with van der Waals surface area (Å²) in [5.41, 5.74) is 1.26. The summed E-state index contributed by atoms with van der Waals surface area (Å²) < 4.78 is 44.5. The first kappa shape index (κ1) is 30.6. The summed E-state index contributed by atoms with van der Waals surface area (Å²) in [4.78, 5) is 24.4. The van der Waals surface area contributed by atoms with Crippen LogP contribution in [0.4, 0.5) is 8.78 Å². The van der Waals surface area contributed by atoms with Gasteiger partial charge in [-0.05, 0) is 93.2 Å². The Morgan fingerprint density at radius 3 is 2.33 bits per heavy atom. The van der Waals surface area contributed by atoms with E-state index >= 15 is 0 Å². The summed E-state index contributed by atoms with van der Waals surface area (Å²) >= 11 is 0.